The van der Waals surface area contributed by atoms with Gasteiger partial charge in [-0.05, 0) is 43.3 Å². The van der Waals surface area contributed by atoms with Gasteiger partial charge in [0, 0.05) is 10.6 Å². The first-order valence-corrected chi connectivity index (χ1v) is 9.85. The van der Waals surface area contributed by atoms with E-state index in [1.165, 1.54) is 0 Å². The first-order valence-electron chi connectivity index (χ1n) is 8.49. The van der Waals surface area contributed by atoms with Crippen molar-refractivity contribution in [3.05, 3.63) is 70.6 Å². The van der Waals surface area contributed by atoms with Crippen molar-refractivity contribution in [2.45, 2.75) is 18.8 Å². The monoisotopic (exact) mass is 432 g/mol. The van der Waals surface area contributed by atoms with Gasteiger partial charge in [0.25, 0.3) is 17.0 Å². The summed E-state index contributed by atoms with van der Waals surface area (Å²) in [5, 5.41) is 8.54. The number of thioether (sulfide) groups is 1. The molecule has 8 nitrogen and oxygen atoms in total. The van der Waals surface area contributed by atoms with E-state index in [4.69, 9.17) is 20.8 Å². The van der Waals surface area contributed by atoms with E-state index in [9.17, 15) is 9.59 Å². The molecule has 0 aliphatic carbocycles. The molecule has 2 amide bonds. The molecule has 29 heavy (non-hydrogen) atoms. The lowest BCUT2D eigenvalue weighted by molar-refractivity contribution is -0.119. The Labute approximate surface area is 176 Å². The van der Waals surface area contributed by atoms with Crippen LogP contribution in [0.15, 0.2) is 58.2 Å². The van der Waals surface area contributed by atoms with Crippen LogP contribution in [-0.2, 0) is 11.4 Å². The van der Waals surface area contributed by atoms with Gasteiger partial charge in [-0.3, -0.25) is 20.4 Å². The number of nitrogens with one attached hydrogen (secondary N) is 2. The van der Waals surface area contributed by atoms with Crippen LogP contribution in [-0.4, -0.2) is 27.8 Å². The highest BCUT2D eigenvalue weighted by Gasteiger charge is 2.11. The summed E-state index contributed by atoms with van der Waals surface area (Å²) in [6.45, 7) is 2.02. The van der Waals surface area contributed by atoms with E-state index in [-0.39, 0.29) is 23.5 Å². The lowest BCUT2D eigenvalue weighted by Crippen LogP contribution is -2.42. The first-order chi connectivity index (χ1) is 14.0. The first kappa shape index (κ1) is 20.7. The number of carbonyl (C=O) groups is 2. The van der Waals surface area contributed by atoms with E-state index in [1.807, 2.05) is 19.1 Å². The van der Waals surface area contributed by atoms with E-state index in [2.05, 4.69) is 21.0 Å². The lowest BCUT2D eigenvalue weighted by atomic mass is 10.1. The number of hydrazine groups is 1. The molecule has 10 heteroatoms. The second-order valence-electron chi connectivity index (χ2n) is 5.86. The fraction of sp³-hybridized carbons (Fsp3) is 0.158. The normalized spacial score (nSPS) is 10.4. The Morgan fingerprint density at radius 2 is 1.79 bits per heavy atom. The molecule has 0 saturated carbocycles. The van der Waals surface area contributed by atoms with Gasteiger partial charge in [0.2, 0.25) is 5.91 Å². The summed E-state index contributed by atoms with van der Waals surface area (Å²) in [6, 6.07) is 13.9. The Balaban J connectivity index is 1.39. The third-order valence-electron chi connectivity index (χ3n) is 3.58. The van der Waals surface area contributed by atoms with Crippen LogP contribution in [0.4, 0.5) is 0 Å². The molecule has 0 radical (unpaired) electrons. The van der Waals surface area contributed by atoms with Crippen molar-refractivity contribution >= 4 is 35.2 Å². The maximum Gasteiger partial charge on any atom is 0.277 e. The van der Waals surface area contributed by atoms with Crippen molar-refractivity contribution in [1.82, 2.24) is 21.0 Å². The number of hydrogen-bond acceptors (Lipinski definition) is 7. The molecule has 3 rings (SSSR count). The molecule has 1 heterocycles. The SMILES string of the molecule is Cc1ccc(C(=O)NNC(=O)CSc2nnc(COc3ccc(Cl)cc3)o2)cc1. The zero-order chi connectivity index (χ0) is 20.6. The van der Waals surface area contributed by atoms with Crippen molar-refractivity contribution in [2.75, 3.05) is 5.75 Å². The average Bonchev–Trinajstić information content (AvgIpc) is 3.18. The quantitative estimate of drug-likeness (QED) is 0.436. The summed E-state index contributed by atoms with van der Waals surface area (Å²) in [7, 11) is 0. The Kier molecular flexibility index (Phi) is 7.09. The molecule has 0 aliphatic heterocycles. The molecule has 0 aliphatic rings. The summed E-state index contributed by atoms with van der Waals surface area (Å²) >= 11 is 6.86. The summed E-state index contributed by atoms with van der Waals surface area (Å²) in [4.78, 5) is 23.8. The molecule has 2 aromatic carbocycles. The van der Waals surface area contributed by atoms with Gasteiger partial charge in [0.05, 0.1) is 5.75 Å². The minimum absolute atomic E-state index is 0.00610. The molecule has 1 aromatic heterocycles. The van der Waals surface area contributed by atoms with E-state index in [0.29, 0.717) is 16.3 Å². The van der Waals surface area contributed by atoms with Gasteiger partial charge in [-0.15, -0.1) is 10.2 Å². The number of aromatic nitrogens is 2. The largest absolute Gasteiger partial charge is 0.484 e. The Morgan fingerprint density at radius 3 is 2.52 bits per heavy atom. The van der Waals surface area contributed by atoms with Gasteiger partial charge in [-0.2, -0.15) is 0 Å². The third kappa shape index (κ3) is 6.51. The van der Waals surface area contributed by atoms with Crippen LogP contribution in [0.3, 0.4) is 0 Å². The highest BCUT2D eigenvalue weighted by Crippen LogP contribution is 2.19. The van der Waals surface area contributed by atoms with E-state index in [1.54, 1.807) is 36.4 Å². The molecule has 0 unspecified atom stereocenters. The number of amides is 2. The maximum atomic E-state index is 12.0. The molecule has 0 bridgehead atoms. The van der Waals surface area contributed by atoms with Crippen LogP contribution in [0.2, 0.25) is 5.02 Å². The topological polar surface area (TPSA) is 106 Å². The van der Waals surface area contributed by atoms with Crippen LogP contribution >= 0.6 is 23.4 Å². The van der Waals surface area contributed by atoms with Gasteiger partial charge < -0.3 is 9.15 Å². The summed E-state index contributed by atoms with van der Waals surface area (Å²) in [5.41, 5.74) is 6.18. The van der Waals surface area contributed by atoms with Crippen molar-refractivity contribution < 1.29 is 18.7 Å². The van der Waals surface area contributed by atoms with Gasteiger partial charge in [-0.25, -0.2) is 0 Å². The minimum Gasteiger partial charge on any atom is -0.484 e. The van der Waals surface area contributed by atoms with E-state index >= 15 is 0 Å². The molecule has 0 spiro atoms. The number of ether oxygens (including phenoxy) is 1. The van der Waals surface area contributed by atoms with E-state index in [0.717, 1.165) is 17.3 Å². The predicted molar refractivity (Wildman–Crippen MR) is 108 cm³/mol. The molecule has 150 valence electrons. The van der Waals surface area contributed by atoms with Gasteiger partial charge in [-0.1, -0.05) is 41.1 Å². The zero-order valence-corrected chi connectivity index (χ0v) is 16.9. The number of nitrogens with zero attached hydrogens (tertiary/aromatic N) is 2. The number of halogens is 1. The van der Waals surface area contributed by atoms with Crippen molar-refractivity contribution in [2.24, 2.45) is 0 Å². The maximum absolute atomic E-state index is 12.0. The van der Waals surface area contributed by atoms with Crippen LogP contribution in [0.25, 0.3) is 0 Å². The van der Waals surface area contributed by atoms with Crippen LogP contribution in [0.5, 0.6) is 5.75 Å². The smallest absolute Gasteiger partial charge is 0.277 e. The number of aryl methyl sites for hydroxylation is 1. The van der Waals surface area contributed by atoms with Gasteiger partial charge >= 0.3 is 0 Å². The van der Waals surface area contributed by atoms with E-state index < -0.39 is 11.8 Å². The summed E-state index contributed by atoms with van der Waals surface area (Å²) in [5.74, 6) is 0.0739. The minimum atomic E-state index is -0.410. The van der Waals surface area contributed by atoms with Crippen LogP contribution < -0.4 is 15.6 Å². The second kappa shape index (κ2) is 9.94. The molecule has 2 N–H and O–H groups in total. The standard InChI is InChI=1S/C19H17ClN4O4S/c1-12-2-4-13(5-3-12)18(26)23-21-16(25)11-29-19-24-22-17(28-19)10-27-15-8-6-14(20)7-9-15/h2-9H,10-11H2,1H3,(H,21,25)(H,23,26). The third-order valence-corrected chi connectivity index (χ3v) is 4.65. The average molecular weight is 433 g/mol. The van der Waals surface area contributed by atoms with Crippen molar-refractivity contribution in [3.8, 4) is 5.75 Å². The second-order valence-corrected chi connectivity index (χ2v) is 7.22. The Hall–Kier alpha value is -3.04. The number of carbonyl (C=O) groups excluding carboxylic acids is 2. The van der Waals surface area contributed by atoms with Gasteiger partial charge in [0.1, 0.15) is 5.75 Å². The van der Waals surface area contributed by atoms with Crippen LogP contribution in [0.1, 0.15) is 21.8 Å². The molecule has 0 fully saturated rings. The van der Waals surface area contributed by atoms with Crippen LogP contribution in [0, 0.1) is 6.92 Å². The number of rotatable bonds is 7. The highest BCUT2D eigenvalue weighted by molar-refractivity contribution is 7.99. The van der Waals surface area contributed by atoms with Crippen molar-refractivity contribution in [1.29, 1.82) is 0 Å². The molecule has 3 aromatic rings. The fourth-order valence-corrected chi connectivity index (χ4v) is 2.80. The molecular formula is C19H17ClN4O4S. The Bertz CT molecular complexity index is 977. The number of hydrogen-bond donors (Lipinski definition) is 2. The van der Waals surface area contributed by atoms with Crippen molar-refractivity contribution in [3.63, 3.8) is 0 Å². The zero-order valence-electron chi connectivity index (χ0n) is 15.3. The lowest BCUT2D eigenvalue weighted by Gasteiger charge is -2.06. The number of benzene rings is 2. The fourth-order valence-electron chi connectivity index (χ4n) is 2.10. The molecule has 0 saturated heterocycles. The Morgan fingerprint density at radius 1 is 1.07 bits per heavy atom. The molecular weight excluding hydrogens is 416 g/mol. The highest BCUT2D eigenvalue weighted by atomic mass is 35.5. The van der Waals surface area contributed by atoms with Gasteiger partial charge in [0.15, 0.2) is 6.61 Å². The molecule has 0 atom stereocenters. The summed E-state index contributed by atoms with van der Waals surface area (Å²) in [6.07, 6.45) is 0. The summed E-state index contributed by atoms with van der Waals surface area (Å²) < 4.78 is 10.9. The predicted octanol–water partition coefficient (Wildman–Crippen LogP) is 3.16.